The molecule has 15 nitrogen and oxygen atoms in total. The van der Waals surface area contributed by atoms with Crippen LogP contribution in [0.4, 0.5) is 4.79 Å². The highest BCUT2D eigenvalue weighted by atomic mass is 16.7. The summed E-state index contributed by atoms with van der Waals surface area (Å²) in [6.07, 6.45) is -6.88. The van der Waals surface area contributed by atoms with E-state index in [2.05, 4.69) is 5.32 Å². The fourth-order valence-electron chi connectivity index (χ4n) is 8.28. The van der Waals surface area contributed by atoms with Gasteiger partial charge in [0.2, 0.25) is 0 Å². The minimum absolute atomic E-state index is 0.0461. The van der Waals surface area contributed by atoms with E-state index in [1.165, 1.54) is 21.0 Å². The summed E-state index contributed by atoms with van der Waals surface area (Å²) in [4.78, 5) is 56.2. The second kappa shape index (κ2) is 21.2. The van der Waals surface area contributed by atoms with Gasteiger partial charge in [0.15, 0.2) is 6.29 Å². The molecule has 1 aromatic rings. The number of hydrogen-bond acceptors (Lipinski definition) is 14. The van der Waals surface area contributed by atoms with Crippen molar-refractivity contribution in [2.24, 2.45) is 23.7 Å². The topological polar surface area (TPSA) is 189 Å². The fraction of sp³-hybridized carbons (Fsp3) is 0.762. The Balaban J connectivity index is 2.05. The number of amides is 1. The maximum Gasteiger partial charge on any atom is 0.407 e. The number of nitrogens with one attached hydrogen (secondary N) is 1. The van der Waals surface area contributed by atoms with E-state index in [0.29, 0.717) is 6.42 Å². The van der Waals surface area contributed by atoms with Crippen molar-refractivity contribution in [3.8, 4) is 0 Å². The summed E-state index contributed by atoms with van der Waals surface area (Å²) in [5.41, 5.74) is -2.50. The van der Waals surface area contributed by atoms with E-state index >= 15 is 0 Å². The quantitative estimate of drug-likeness (QED) is 0.203. The molecule has 3 N–H and O–H groups in total. The smallest absolute Gasteiger partial charge is 0.407 e. The Bertz CT molecular complexity index is 1460. The molecule has 2 aliphatic rings. The van der Waals surface area contributed by atoms with Crippen LogP contribution in [0.2, 0.25) is 0 Å². The Morgan fingerprint density at radius 2 is 1.65 bits per heavy atom. The summed E-state index contributed by atoms with van der Waals surface area (Å²) in [6.45, 7) is 13.2. The number of methoxy groups -OCH3 is 2. The molecule has 14 atom stereocenters. The molecule has 1 aromatic carbocycles. The van der Waals surface area contributed by atoms with Gasteiger partial charge in [-0.3, -0.25) is 14.4 Å². The predicted molar refractivity (Wildman–Crippen MR) is 210 cm³/mol. The van der Waals surface area contributed by atoms with Gasteiger partial charge in [-0.15, -0.1) is 0 Å². The molecule has 0 unspecified atom stereocenters. The highest BCUT2D eigenvalue weighted by Crippen LogP contribution is 2.40. The molecule has 0 radical (unpaired) electrons. The summed E-state index contributed by atoms with van der Waals surface area (Å²) >= 11 is 0. The van der Waals surface area contributed by atoms with Crippen LogP contribution in [0, 0.1) is 23.7 Å². The van der Waals surface area contributed by atoms with Crippen LogP contribution in [-0.2, 0) is 54.1 Å². The normalized spacial score (nSPS) is 37.2. The van der Waals surface area contributed by atoms with Crippen LogP contribution in [-0.4, -0.2) is 134 Å². The number of carbonyl (C=O) groups is 4. The first-order valence-electron chi connectivity index (χ1n) is 20.1. The van der Waals surface area contributed by atoms with E-state index in [1.54, 1.807) is 41.7 Å². The molecule has 2 saturated heterocycles. The van der Waals surface area contributed by atoms with Gasteiger partial charge in [0.05, 0.1) is 36.3 Å². The summed E-state index contributed by atoms with van der Waals surface area (Å²) in [5, 5.41) is 25.6. The van der Waals surface area contributed by atoms with Gasteiger partial charge in [0.25, 0.3) is 0 Å². The molecule has 1 amide bonds. The Kier molecular flexibility index (Phi) is 17.9. The van der Waals surface area contributed by atoms with Crippen LogP contribution in [0.5, 0.6) is 0 Å². The molecule has 0 bridgehead atoms. The lowest BCUT2D eigenvalue weighted by atomic mass is 9.74. The number of Topliss-reactive ketones (excluding diaryl/α,β-unsaturated/α-hetero) is 1. The zero-order valence-corrected chi connectivity index (χ0v) is 35.9. The molecule has 2 fully saturated rings. The molecular weight excluding hydrogens is 740 g/mol. The van der Waals surface area contributed by atoms with Gasteiger partial charge in [-0.1, -0.05) is 58.0 Å². The van der Waals surface area contributed by atoms with E-state index < -0.39 is 89.7 Å². The molecule has 3 rings (SSSR count). The molecule has 324 valence electrons. The number of likely N-dealkylation sites (N-methyl/N-ethyl adjacent to an activating group) is 1. The SMILES string of the molecule is CC[C@H]1OC(=O)[C@H](C)[C@@H](OC(=O)CCNC(=O)OCc2ccccc2)[C@H](C)[C@@H](O[C@@H]2O[C@H](C)C[C@H](N(C)C)[C@H]2OC)[C@@](C)(OC)C[C@@H](C)C(=O)[C@H](C)[C@@H](O)[C@]1(C)O. The number of benzene rings is 1. The third-order valence-corrected chi connectivity index (χ3v) is 11.8. The van der Waals surface area contributed by atoms with E-state index in [0.717, 1.165) is 5.56 Å². The predicted octanol–water partition coefficient (Wildman–Crippen LogP) is 4.04. The van der Waals surface area contributed by atoms with Crippen molar-refractivity contribution >= 4 is 23.8 Å². The maximum absolute atomic E-state index is 14.1. The molecule has 2 heterocycles. The number of rotatable bonds is 12. The van der Waals surface area contributed by atoms with Gasteiger partial charge in [-0.2, -0.15) is 0 Å². The van der Waals surface area contributed by atoms with E-state index in [1.807, 2.05) is 56.3 Å². The molecule has 0 spiro atoms. The number of ether oxygens (including phenoxy) is 7. The molecule has 15 heteroatoms. The minimum atomic E-state index is -2.01. The summed E-state index contributed by atoms with van der Waals surface area (Å²) in [7, 11) is 6.95. The zero-order valence-electron chi connectivity index (χ0n) is 35.9. The second-order valence-electron chi connectivity index (χ2n) is 16.5. The Hall–Kier alpha value is -3.18. The summed E-state index contributed by atoms with van der Waals surface area (Å²) < 4.78 is 42.8. The zero-order chi connectivity index (χ0) is 42.8. The van der Waals surface area contributed by atoms with Crippen LogP contribution in [0.3, 0.4) is 0 Å². The summed E-state index contributed by atoms with van der Waals surface area (Å²) in [5.74, 6) is -5.61. The average molecular weight is 809 g/mol. The highest BCUT2D eigenvalue weighted by Gasteiger charge is 2.53. The van der Waals surface area contributed by atoms with Gasteiger partial charge in [-0.05, 0) is 66.6 Å². The molecule has 0 aromatic heterocycles. The van der Waals surface area contributed by atoms with Gasteiger partial charge >= 0.3 is 18.0 Å². The van der Waals surface area contributed by atoms with Crippen molar-refractivity contribution in [2.75, 3.05) is 34.9 Å². The van der Waals surface area contributed by atoms with Crippen molar-refractivity contribution in [3.05, 3.63) is 35.9 Å². The van der Waals surface area contributed by atoms with E-state index in [4.69, 9.17) is 33.2 Å². The number of alkyl carbamates (subject to hydrolysis) is 1. The maximum atomic E-state index is 14.1. The molecule has 0 saturated carbocycles. The largest absolute Gasteiger partial charge is 0.461 e. The number of aliphatic hydroxyl groups is 2. The van der Waals surface area contributed by atoms with Crippen LogP contribution in [0.1, 0.15) is 86.6 Å². The van der Waals surface area contributed by atoms with Gasteiger partial charge in [0, 0.05) is 44.6 Å². The highest BCUT2D eigenvalue weighted by molar-refractivity contribution is 5.83. The second-order valence-corrected chi connectivity index (χ2v) is 16.5. The Labute approximate surface area is 338 Å². The van der Waals surface area contributed by atoms with Gasteiger partial charge in [-0.25, -0.2) is 4.79 Å². The van der Waals surface area contributed by atoms with Crippen LogP contribution >= 0.6 is 0 Å². The van der Waals surface area contributed by atoms with E-state index in [9.17, 15) is 29.4 Å². The van der Waals surface area contributed by atoms with Crippen molar-refractivity contribution in [3.63, 3.8) is 0 Å². The first-order valence-corrected chi connectivity index (χ1v) is 20.1. The van der Waals surface area contributed by atoms with Crippen LogP contribution < -0.4 is 5.32 Å². The lowest BCUT2D eigenvalue weighted by Gasteiger charge is -2.49. The molecular formula is C42H68N2O13. The lowest BCUT2D eigenvalue weighted by molar-refractivity contribution is -0.305. The number of aliphatic hydroxyl groups excluding tert-OH is 1. The van der Waals surface area contributed by atoms with Crippen LogP contribution in [0.25, 0.3) is 0 Å². The van der Waals surface area contributed by atoms with Crippen molar-refractivity contribution in [1.82, 2.24) is 10.2 Å². The summed E-state index contributed by atoms with van der Waals surface area (Å²) in [6, 6.07) is 9.05. The Morgan fingerprint density at radius 1 is 1.00 bits per heavy atom. The van der Waals surface area contributed by atoms with Gasteiger partial charge < -0.3 is 53.6 Å². The van der Waals surface area contributed by atoms with E-state index in [-0.39, 0.29) is 50.3 Å². The number of ketones is 1. The Morgan fingerprint density at radius 3 is 2.23 bits per heavy atom. The third kappa shape index (κ3) is 12.2. The number of nitrogens with zero attached hydrogens (tertiary/aromatic N) is 1. The standard InChI is InChI=1S/C42H68N2O13/c1-13-31-42(8,50)36(47)26(4)33(46)24(2)22-41(7,52-12)37(57-39-35(51-11)30(44(9)10)21-25(3)54-39)27(5)34(28(6)38(48)55-31)56-32(45)19-20-43-40(49)53-23-29-17-15-14-16-18-29/h14-18,24-28,30-31,34-37,39,47,50H,13,19-23H2,1-12H3,(H,43,49)/t24-,25-,26+,27+,28-,30+,31-,34+,35-,36-,37-,39+,41+,42-/m1/s1. The van der Waals surface area contributed by atoms with Crippen molar-refractivity contribution in [1.29, 1.82) is 0 Å². The van der Waals surface area contributed by atoms with Gasteiger partial charge in [0.1, 0.15) is 36.3 Å². The third-order valence-electron chi connectivity index (χ3n) is 11.8. The number of carbonyl (C=O) groups excluding carboxylic acids is 4. The minimum Gasteiger partial charge on any atom is -0.461 e. The lowest BCUT2D eigenvalue weighted by Crippen LogP contribution is -2.61. The van der Waals surface area contributed by atoms with Crippen molar-refractivity contribution in [2.45, 2.75) is 148 Å². The number of esters is 2. The number of hydrogen-bond donors (Lipinski definition) is 3. The average Bonchev–Trinajstić information content (AvgIpc) is 3.18. The monoisotopic (exact) mass is 808 g/mol. The molecule has 57 heavy (non-hydrogen) atoms. The number of cyclic esters (lactones) is 1. The first kappa shape index (κ1) is 48.2. The fourth-order valence-corrected chi connectivity index (χ4v) is 8.28. The molecule has 2 aliphatic heterocycles. The van der Waals surface area contributed by atoms with Crippen LogP contribution in [0.15, 0.2) is 30.3 Å². The van der Waals surface area contributed by atoms with Crippen molar-refractivity contribution < 1.29 is 62.5 Å². The first-order chi connectivity index (χ1) is 26.7. The molecule has 0 aliphatic carbocycles.